The molecule has 0 fully saturated rings. The number of hydrogen-bond donors (Lipinski definition) is 2. The van der Waals surface area contributed by atoms with E-state index in [1.165, 1.54) is 6.39 Å². The number of oxazole rings is 1. The zero-order valence-electron chi connectivity index (χ0n) is 9.71. The molecule has 1 atom stereocenters. The minimum absolute atomic E-state index is 0.217. The van der Waals surface area contributed by atoms with Crippen molar-refractivity contribution < 1.29 is 14.6 Å². The number of aliphatic hydroxyl groups is 2. The quantitative estimate of drug-likeness (QED) is 0.796. The lowest BCUT2D eigenvalue weighted by Gasteiger charge is -2.19. The molecule has 0 amide bonds. The summed E-state index contributed by atoms with van der Waals surface area (Å²) in [6.45, 7) is 0.907. The third kappa shape index (κ3) is 3.03. The van der Waals surface area contributed by atoms with E-state index < -0.39 is 6.10 Å². The van der Waals surface area contributed by atoms with Crippen LogP contribution in [0.25, 0.3) is 11.1 Å². The summed E-state index contributed by atoms with van der Waals surface area (Å²) in [5.74, 6) is 0. The maximum Gasteiger partial charge on any atom is 0.181 e. The van der Waals surface area contributed by atoms with E-state index in [1.807, 2.05) is 30.1 Å². The van der Waals surface area contributed by atoms with Crippen molar-refractivity contribution in [2.75, 3.05) is 20.2 Å². The van der Waals surface area contributed by atoms with Gasteiger partial charge in [-0.25, -0.2) is 4.98 Å². The third-order valence-corrected chi connectivity index (χ3v) is 2.58. The molecule has 2 rings (SSSR count). The van der Waals surface area contributed by atoms with Crippen LogP contribution in [-0.2, 0) is 6.54 Å². The second-order valence-electron chi connectivity index (χ2n) is 4.19. The van der Waals surface area contributed by atoms with Gasteiger partial charge in [0.1, 0.15) is 5.52 Å². The summed E-state index contributed by atoms with van der Waals surface area (Å²) in [6, 6.07) is 5.82. The largest absolute Gasteiger partial charge is 0.443 e. The van der Waals surface area contributed by atoms with Crippen LogP contribution in [0.3, 0.4) is 0 Å². The zero-order valence-corrected chi connectivity index (χ0v) is 9.71. The van der Waals surface area contributed by atoms with E-state index in [9.17, 15) is 5.11 Å². The van der Waals surface area contributed by atoms with Gasteiger partial charge in [0, 0.05) is 13.1 Å². The van der Waals surface area contributed by atoms with Gasteiger partial charge in [0.05, 0.1) is 12.7 Å². The van der Waals surface area contributed by atoms with Crippen LogP contribution in [-0.4, -0.2) is 46.4 Å². The van der Waals surface area contributed by atoms with Crippen molar-refractivity contribution in [2.45, 2.75) is 12.6 Å². The lowest BCUT2D eigenvalue weighted by molar-refractivity contribution is 0.0648. The van der Waals surface area contributed by atoms with Gasteiger partial charge in [0.2, 0.25) is 0 Å². The zero-order chi connectivity index (χ0) is 12.3. The predicted octanol–water partition coefficient (Wildman–Crippen LogP) is 0.613. The van der Waals surface area contributed by atoms with E-state index in [-0.39, 0.29) is 6.61 Å². The maximum atomic E-state index is 9.32. The molecule has 1 aromatic carbocycles. The minimum Gasteiger partial charge on any atom is -0.443 e. The molecule has 0 aliphatic carbocycles. The Kier molecular flexibility index (Phi) is 3.73. The van der Waals surface area contributed by atoms with Crippen LogP contribution in [0.15, 0.2) is 29.0 Å². The highest BCUT2D eigenvalue weighted by Crippen LogP contribution is 2.15. The summed E-state index contributed by atoms with van der Waals surface area (Å²) < 4.78 is 5.22. The molecule has 1 unspecified atom stereocenters. The van der Waals surface area contributed by atoms with Crippen molar-refractivity contribution in [3.05, 3.63) is 30.2 Å². The SMILES string of the molecule is CN(Cc1ccc2ncoc2c1)CC(O)CO. The Bertz CT molecular complexity index is 483. The van der Waals surface area contributed by atoms with E-state index in [1.54, 1.807) is 0 Å². The molecular formula is C12H16N2O3. The molecule has 0 spiro atoms. The fourth-order valence-corrected chi connectivity index (χ4v) is 1.79. The van der Waals surface area contributed by atoms with E-state index in [4.69, 9.17) is 9.52 Å². The van der Waals surface area contributed by atoms with Crippen molar-refractivity contribution in [2.24, 2.45) is 0 Å². The number of rotatable bonds is 5. The van der Waals surface area contributed by atoms with Crippen LogP contribution in [0.1, 0.15) is 5.56 Å². The molecule has 5 heteroatoms. The first-order valence-corrected chi connectivity index (χ1v) is 5.48. The first-order valence-electron chi connectivity index (χ1n) is 5.48. The Hall–Kier alpha value is -1.43. The summed E-state index contributed by atoms with van der Waals surface area (Å²) in [4.78, 5) is 5.99. The molecule has 0 bridgehead atoms. The van der Waals surface area contributed by atoms with Gasteiger partial charge in [-0.3, -0.25) is 4.90 Å². The van der Waals surface area contributed by atoms with Crippen molar-refractivity contribution >= 4 is 11.1 Å². The molecule has 2 aromatic rings. The van der Waals surface area contributed by atoms with Gasteiger partial charge in [-0.2, -0.15) is 0 Å². The molecule has 2 N–H and O–H groups in total. The topological polar surface area (TPSA) is 69.7 Å². The number of fused-ring (bicyclic) bond motifs is 1. The lowest BCUT2D eigenvalue weighted by Crippen LogP contribution is -2.30. The Labute approximate surface area is 99.3 Å². The average molecular weight is 236 g/mol. The first kappa shape index (κ1) is 12.0. The predicted molar refractivity (Wildman–Crippen MR) is 63.4 cm³/mol. The first-order chi connectivity index (χ1) is 8.19. The van der Waals surface area contributed by atoms with Gasteiger partial charge >= 0.3 is 0 Å². The summed E-state index contributed by atoms with van der Waals surface area (Å²) in [7, 11) is 1.89. The number of aromatic nitrogens is 1. The molecule has 0 radical (unpaired) electrons. The fourth-order valence-electron chi connectivity index (χ4n) is 1.79. The smallest absolute Gasteiger partial charge is 0.181 e. The van der Waals surface area contributed by atoms with E-state index in [0.717, 1.165) is 16.7 Å². The second kappa shape index (κ2) is 5.27. The standard InChI is InChI=1S/C12H16N2O3/c1-14(6-10(16)7-15)5-9-2-3-11-12(4-9)17-8-13-11/h2-4,8,10,15-16H,5-7H2,1H3. The molecular weight excluding hydrogens is 220 g/mol. The van der Waals surface area contributed by atoms with E-state index in [0.29, 0.717) is 13.1 Å². The lowest BCUT2D eigenvalue weighted by atomic mass is 10.2. The van der Waals surface area contributed by atoms with Crippen molar-refractivity contribution in [1.29, 1.82) is 0 Å². The number of hydrogen-bond acceptors (Lipinski definition) is 5. The van der Waals surface area contributed by atoms with Crippen LogP contribution in [0.5, 0.6) is 0 Å². The third-order valence-electron chi connectivity index (χ3n) is 2.58. The molecule has 17 heavy (non-hydrogen) atoms. The Balaban J connectivity index is 2.02. The molecule has 0 aliphatic heterocycles. The van der Waals surface area contributed by atoms with Gasteiger partial charge in [0.25, 0.3) is 0 Å². The monoisotopic (exact) mass is 236 g/mol. The van der Waals surface area contributed by atoms with Gasteiger partial charge in [-0.05, 0) is 24.7 Å². The highest BCUT2D eigenvalue weighted by molar-refractivity contribution is 5.72. The highest BCUT2D eigenvalue weighted by Gasteiger charge is 2.08. The molecule has 5 nitrogen and oxygen atoms in total. The van der Waals surface area contributed by atoms with Gasteiger partial charge in [0.15, 0.2) is 12.0 Å². The molecule has 0 saturated heterocycles. The Morgan fingerprint density at radius 1 is 1.47 bits per heavy atom. The van der Waals surface area contributed by atoms with E-state index >= 15 is 0 Å². The number of nitrogens with zero attached hydrogens (tertiary/aromatic N) is 2. The maximum absolute atomic E-state index is 9.32. The van der Waals surface area contributed by atoms with Crippen molar-refractivity contribution in [1.82, 2.24) is 9.88 Å². The van der Waals surface area contributed by atoms with Crippen molar-refractivity contribution in [3.63, 3.8) is 0 Å². The number of aliphatic hydroxyl groups excluding tert-OH is 2. The summed E-state index contributed by atoms with van der Waals surface area (Å²) in [5, 5.41) is 18.1. The molecule has 1 aromatic heterocycles. The number of benzene rings is 1. The normalized spacial score (nSPS) is 13.4. The van der Waals surface area contributed by atoms with Gasteiger partial charge in [-0.15, -0.1) is 0 Å². The summed E-state index contributed by atoms with van der Waals surface area (Å²) >= 11 is 0. The molecule has 92 valence electrons. The van der Waals surface area contributed by atoms with E-state index in [2.05, 4.69) is 4.98 Å². The average Bonchev–Trinajstić information content (AvgIpc) is 2.75. The summed E-state index contributed by atoms with van der Waals surface area (Å²) in [6.07, 6.45) is 0.724. The van der Waals surface area contributed by atoms with Crippen LogP contribution in [0.2, 0.25) is 0 Å². The van der Waals surface area contributed by atoms with Crippen LogP contribution < -0.4 is 0 Å². The minimum atomic E-state index is -0.700. The van der Waals surface area contributed by atoms with Gasteiger partial charge in [-0.1, -0.05) is 6.07 Å². The van der Waals surface area contributed by atoms with Gasteiger partial charge < -0.3 is 14.6 Å². The number of likely N-dealkylation sites (N-methyl/N-ethyl adjacent to an activating group) is 1. The Morgan fingerprint density at radius 2 is 2.29 bits per heavy atom. The fraction of sp³-hybridized carbons (Fsp3) is 0.417. The van der Waals surface area contributed by atoms with Crippen molar-refractivity contribution in [3.8, 4) is 0 Å². The highest BCUT2D eigenvalue weighted by atomic mass is 16.3. The molecule has 1 heterocycles. The molecule has 0 aliphatic rings. The summed E-state index contributed by atoms with van der Waals surface area (Å²) in [5.41, 5.74) is 2.69. The van der Waals surface area contributed by atoms with Crippen LogP contribution >= 0.6 is 0 Å². The molecule has 0 saturated carbocycles. The van der Waals surface area contributed by atoms with Crippen LogP contribution in [0, 0.1) is 0 Å². The van der Waals surface area contributed by atoms with Crippen LogP contribution in [0.4, 0.5) is 0 Å². The Morgan fingerprint density at radius 3 is 3.06 bits per heavy atom. The second-order valence-corrected chi connectivity index (χ2v) is 4.19.